The number of pyridine rings is 1. The highest BCUT2D eigenvalue weighted by atomic mass is 16.5. The van der Waals surface area contributed by atoms with E-state index >= 15 is 0 Å². The van der Waals surface area contributed by atoms with E-state index in [1.807, 2.05) is 6.07 Å². The lowest BCUT2D eigenvalue weighted by Gasteiger charge is -2.20. The number of aromatic nitrogens is 1. The van der Waals surface area contributed by atoms with Crippen LogP contribution in [-0.2, 0) is 16.0 Å². The Labute approximate surface area is 93.6 Å². The van der Waals surface area contributed by atoms with Crippen molar-refractivity contribution in [1.29, 1.82) is 0 Å². The zero-order valence-electron chi connectivity index (χ0n) is 9.10. The molecule has 4 nitrogen and oxygen atoms in total. The van der Waals surface area contributed by atoms with Crippen molar-refractivity contribution in [2.75, 3.05) is 6.61 Å². The number of fused-ring (bicyclic) bond motifs is 1. The molecule has 2 rings (SSSR count). The number of ketones is 1. The van der Waals surface area contributed by atoms with Crippen LogP contribution in [0.2, 0.25) is 0 Å². The molecule has 1 atom stereocenters. The van der Waals surface area contributed by atoms with Crippen LogP contribution in [0.15, 0.2) is 18.3 Å². The molecule has 1 heterocycles. The van der Waals surface area contributed by atoms with Crippen LogP contribution >= 0.6 is 0 Å². The quantitative estimate of drug-likeness (QED) is 0.557. The highest BCUT2D eigenvalue weighted by Crippen LogP contribution is 2.24. The Kier molecular flexibility index (Phi) is 2.99. The summed E-state index contributed by atoms with van der Waals surface area (Å²) in [7, 11) is 0. The largest absolute Gasteiger partial charge is 0.465 e. The van der Waals surface area contributed by atoms with E-state index in [4.69, 9.17) is 4.74 Å². The maximum Gasteiger partial charge on any atom is 0.316 e. The summed E-state index contributed by atoms with van der Waals surface area (Å²) in [4.78, 5) is 27.6. The summed E-state index contributed by atoms with van der Waals surface area (Å²) in [5.74, 6) is -1.30. The van der Waals surface area contributed by atoms with Gasteiger partial charge in [-0.15, -0.1) is 0 Å². The minimum absolute atomic E-state index is 0.208. The van der Waals surface area contributed by atoms with Gasteiger partial charge in [-0.1, -0.05) is 6.07 Å². The molecule has 0 aliphatic heterocycles. The van der Waals surface area contributed by atoms with Gasteiger partial charge in [-0.3, -0.25) is 14.6 Å². The molecule has 1 aliphatic rings. The van der Waals surface area contributed by atoms with E-state index < -0.39 is 11.9 Å². The average Bonchev–Trinajstić information content (AvgIpc) is 2.30. The van der Waals surface area contributed by atoms with Gasteiger partial charge in [0.05, 0.1) is 6.61 Å². The molecule has 0 amide bonds. The van der Waals surface area contributed by atoms with Crippen molar-refractivity contribution in [3.05, 3.63) is 29.6 Å². The molecule has 84 valence electrons. The van der Waals surface area contributed by atoms with Crippen LogP contribution in [0.4, 0.5) is 0 Å². The highest BCUT2D eigenvalue weighted by Gasteiger charge is 2.34. The van der Waals surface area contributed by atoms with Gasteiger partial charge < -0.3 is 4.74 Å². The van der Waals surface area contributed by atoms with Crippen molar-refractivity contribution in [2.45, 2.75) is 19.8 Å². The minimum atomic E-state index is -0.664. The number of aryl methyl sites for hydroxylation is 1. The Hall–Kier alpha value is -1.71. The lowest BCUT2D eigenvalue weighted by Crippen LogP contribution is -2.31. The van der Waals surface area contributed by atoms with Gasteiger partial charge in [0.15, 0.2) is 5.78 Å². The summed E-state index contributed by atoms with van der Waals surface area (Å²) >= 11 is 0. The summed E-state index contributed by atoms with van der Waals surface area (Å²) in [6, 6.07) is 3.68. The second-order valence-electron chi connectivity index (χ2n) is 3.72. The molecule has 0 bridgehead atoms. The number of esters is 1. The number of carbonyl (C=O) groups is 2. The van der Waals surface area contributed by atoms with Gasteiger partial charge in [0.1, 0.15) is 11.6 Å². The van der Waals surface area contributed by atoms with Crippen LogP contribution in [0.25, 0.3) is 0 Å². The zero-order chi connectivity index (χ0) is 11.5. The maximum absolute atomic E-state index is 12.0. The van der Waals surface area contributed by atoms with Crippen molar-refractivity contribution in [3.63, 3.8) is 0 Å². The maximum atomic E-state index is 12.0. The van der Waals surface area contributed by atoms with Crippen molar-refractivity contribution in [2.24, 2.45) is 5.92 Å². The molecular formula is C12H13NO3. The van der Waals surface area contributed by atoms with E-state index in [0.29, 0.717) is 25.1 Å². The monoisotopic (exact) mass is 219 g/mol. The van der Waals surface area contributed by atoms with Crippen LogP contribution in [0, 0.1) is 5.92 Å². The smallest absolute Gasteiger partial charge is 0.316 e. The fourth-order valence-corrected chi connectivity index (χ4v) is 1.93. The van der Waals surface area contributed by atoms with E-state index in [2.05, 4.69) is 4.98 Å². The first kappa shape index (κ1) is 10.8. The lowest BCUT2D eigenvalue weighted by atomic mass is 9.86. The Morgan fingerprint density at radius 2 is 2.44 bits per heavy atom. The number of hydrogen-bond donors (Lipinski definition) is 0. The molecule has 4 heteroatoms. The van der Waals surface area contributed by atoms with Gasteiger partial charge in [0.25, 0.3) is 0 Å². The van der Waals surface area contributed by atoms with E-state index in [-0.39, 0.29) is 5.78 Å². The molecule has 1 aromatic rings. The topological polar surface area (TPSA) is 56.3 Å². The number of nitrogens with zero attached hydrogens (tertiary/aromatic N) is 1. The lowest BCUT2D eigenvalue weighted by molar-refractivity contribution is -0.146. The molecule has 0 N–H and O–H groups in total. The first-order valence-corrected chi connectivity index (χ1v) is 5.38. The second kappa shape index (κ2) is 4.43. The molecule has 1 aliphatic carbocycles. The van der Waals surface area contributed by atoms with E-state index in [1.54, 1.807) is 19.2 Å². The van der Waals surface area contributed by atoms with Crippen molar-refractivity contribution in [1.82, 2.24) is 4.98 Å². The van der Waals surface area contributed by atoms with Crippen LogP contribution < -0.4 is 0 Å². The summed E-state index contributed by atoms with van der Waals surface area (Å²) < 4.78 is 4.88. The second-order valence-corrected chi connectivity index (χ2v) is 3.72. The minimum Gasteiger partial charge on any atom is -0.465 e. The van der Waals surface area contributed by atoms with E-state index in [1.165, 1.54) is 0 Å². The van der Waals surface area contributed by atoms with Crippen molar-refractivity contribution in [3.8, 4) is 0 Å². The molecular weight excluding hydrogens is 206 g/mol. The summed E-state index contributed by atoms with van der Waals surface area (Å²) in [5, 5.41) is 0. The number of Topliss-reactive ketones (excluding diaryl/α,β-unsaturated/α-hetero) is 1. The normalized spacial score (nSPS) is 19.1. The van der Waals surface area contributed by atoms with Crippen LogP contribution in [0.1, 0.15) is 29.4 Å². The van der Waals surface area contributed by atoms with Crippen molar-refractivity contribution >= 4 is 11.8 Å². The predicted molar refractivity (Wildman–Crippen MR) is 57.0 cm³/mol. The van der Waals surface area contributed by atoms with E-state index in [0.717, 1.165) is 5.56 Å². The summed E-state index contributed by atoms with van der Waals surface area (Å²) in [5.41, 5.74) is 1.35. The van der Waals surface area contributed by atoms with Gasteiger partial charge in [-0.25, -0.2) is 0 Å². The van der Waals surface area contributed by atoms with Crippen LogP contribution in [0.3, 0.4) is 0 Å². The Morgan fingerprint density at radius 1 is 1.62 bits per heavy atom. The molecule has 0 saturated heterocycles. The fraction of sp³-hybridized carbons (Fsp3) is 0.417. The van der Waals surface area contributed by atoms with Gasteiger partial charge >= 0.3 is 5.97 Å². The summed E-state index contributed by atoms with van der Waals surface area (Å²) in [6.07, 6.45) is 2.80. The van der Waals surface area contributed by atoms with Crippen LogP contribution in [0.5, 0.6) is 0 Å². The molecule has 0 fully saturated rings. The standard InChI is InChI=1S/C12H13NO3/c1-2-16-12(15)9-6-5-8-4-3-7-13-10(8)11(9)14/h3-4,7,9H,2,5-6H2,1H3. The van der Waals surface area contributed by atoms with E-state index in [9.17, 15) is 9.59 Å². The van der Waals surface area contributed by atoms with Gasteiger partial charge in [-0.05, 0) is 31.4 Å². The molecule has 1 aromatic heterocycles. The number of rotatable bonds is 2. The van der Waals surface area contributed by atoms with Gasteiger partial charge in [0.2, 0.25) is 0 Å². The molecule has 1 unspecified atom stereocenters. The third-order valence-corrected chi connectivity index (χ3v) is 2.71. The molecule has 0 saturated carbocycles. The van der Waals surface area contributed by atoms with Crippen molar-refractivity contribution < 1.29 is 14.3 Å². The number of carbonyl (C=O) groups excluding carboxylic acids is 2. The van der Waals surface area contributed by atoms with Crippen LogP contribution in [-0.4, -0.2) is 23.3 Å². The summed E-state index contributed by atoms with van der Waals surface area (Å²) in [6.45, 7) is 2.04. The first-order valence-electron chi connectivity index (χ1n) is 5.38. The molecule has 0 radical (unpaired) electrons. The third-order valence-electron chi connectivity index (χ3n) is 2.71. The third kappa shape index (κ3) is 1.83. The molecule has 16 heavy (non-hydrogen) atoms. The zero-order valence-corrected chi connectivity index (χ0v) is 9.10. The number of hydrogen-bond acceptors (Lipinski definition) is 4. The number of ether oxygens (including phenoxy) is 1. The predicted octanol–water partition coefficient (Wildman–Crippen LogP) is 1.39. The highest BCUT2D eigenvalue weighted by molar-refractivity contribution is 6.09. The Morgan fingerprint density at radius 3 is 3.19 bits per heavy atom. The average molecular weight is 219 g/mol. The SMILES string of the molecule is CCOC(=O)C1CCc2cccnc2C1=O. The Bertz CT molecular complexity index is 428. The Balaban J connectivity index is 2.24. The fourth-order valence-electron chi connectivity index (χ4n) is 1.93. The first-order chi connectivity index (χ1) is 7.74. The van der Waals surface area contributed by atoms with Gasteiger partial charge in [0, 0.05) is 6.20 Å². The molecule has 0 spiro atoms. The molecule has 0 aromatic carbocycles. The van der Waals surface area contributed by atoms with Gasteiger partial charge in [-0.2, -0.15) is 0 Å².